The van der Waals surface area contributed by atoms with Crippen molar-refractivity contribution in [3.8, 4) is 0 Å². The van der Waals surface area contributed by atoms with Gasteiger partial charge in [0.1, 0.15) is 0 Å². The maximum atomic E-state index is 3.56. The van der Waals surface area contributed by atoms with Gasteiger partial charge < -0.3 is 10.2 Å². The Morgan fingerprint density at radius 2 is 2.00 bits per heavy atom. The Morgan fingerprint density at radius 1 is 1.35 bits per heavy atom. The lowest BCUT2D eigenvalue weighted by atomic mass is 9.98. The third-order valence-electron chi connectivity index (χ3n) is 3.55. The Bertz CT molecular complexity index is 374. The predicted octanol–water partition coefficient (Wildman–Crippen LogP) is 3.79. The van der Waals surface area contributed by atoms with Crippen molar-refractivity contribution < 1.29 is 0 Å². The van der Waals surface area contributed by atoms with Gasteiger partial charge in [0, 0.05) is 29.3 Å². The Labute approximate surface area is 114 Å². The third-order valence-corrected chi connectivity index (χ3v) is 4.04. The van der Waals surface area contributed by atoms with Crippen molar-refractivity contribution in [1.29, 1.82) is 0 Å². The van der Waals surface area contributed by atoms with E-state index in [-0.39, 0.29) is 5.54 Å². The molecule has 0 spiro atoms. The Hall–Kier alpha value is -0.540. The summed E-state index contributed by atoms with van der Waals surface area (Å²) in [7, 11) is 4.15. The molecule has 96 valence electrons. The maximum Gasteiger partial charge on any atom is 0.0425 e. The molecule has 0 atom stereocenters. The summed E-state index contributed by atoms with van der Waals surface area (Å²) in [5.41, 5.74) is 2.80. The smallest absolute Gasteiger partial charge is 0.0425 e. The summed E-state index contributed by atoms with van der Waals surface area (Å²) in [5, 5.41) is 3.23. The van der Waals surface area contributed by atoms with E-state index < -0.39 is 0 Å². The van der Waals surface area contributed by atoms with Crippen LogP contribution in [0.25, 0.3) is 0 Å². The van der Waals surface area contributed by atoms with Crippen molar-refractivity contribution in [2.45, 2.75) is 39.3 Å². The average Bonchev–Trinajstić information content (AvgIpc) is 2.30. The minimum atomic E-state index is 0.170. The lowest BCUT2D eigenvalue weighted by Crippen LogP contribution is -2.41. The zero-order valence-electron chi connectivity index (χ0n) is 11.5. The quantitative estimate of drug-likeness (QED) is 0.890. The van der Waals surface area contributed by atoms with Gasteiger partial charge in [0.2, 0.25) is 0 Å². The molecule has 0 radical (unpaired) electrons. The number of hydrogen-bond acceptors (Lipinski definition) is 2. The van der Waals surface area contributed by atoms with Gasteiger partial charge in [-0.15, -0.1) is 0 Å². The van der Waals surface area contributed by atoms with Gasteiger partial charge in [-0.25, -0.2) is 0 Å². The highest BCUT2D eigenvalue weighted by Gasteiger charge is 2.23. The molecular formula is C14H23BrN2. The van der Waals surface area contributed by atoms with E-state index in [1.165, 1.54) is 11.3 Å². The van der Waals surface area contributed by atoms with E-state index in [9.17, 15) is 0 Å². The van der Waals surface area contributed by atoms with Crippen molar-refractivity contribution in [3.05, 3.63) is 28.2 Å². The van der Waals surface area contributed by atoms with Crippen molar-refractivity contribution in [3.63, 3.8) is 0 Å². The number of hydrogen-bond donors (Lipinski definition) is 1. The molecule has 3 heteroatoms. The molecule has 0 fully saturated rings. The molecule has 0 saturated heterocycles. The summed E-state index contributed by atoms with van der Waals surface area (Å²) >= 11 is 3.56. The highest BCUT2D eigenvalue weighted by Crippen LogP contribution is 2.30. The second-order valence-corrected chi connectivity index (χ2v) is 5.94. The van der Waals surface area contributed by atoms with E-state index in [1.807, 2.05) is 7.05 Å². The van der Waals surface area contributed by atoms with Crippen LogP contribution < -0.4 is 10.2 Å². The molecule has 1 aromatic carbocycles. The van der Waals surface area contributed by atoms with Gasteiger partial charge in [0.15, 0.2) is 0 Å². The first kappa shape index (κ1) is 14.5. The van der Waals surface area contributed by atoms with Gasteiger partial charge in [-0.1, -0.05) is 28.9 Å². The molecule has 0 bridgehead atoms. The monoisotopic (exact) mass is 298 g/mol. The number of halogens is 1. The number of rotatable bonds is 5. The standard InChI is InChI=1S/C14H23BrN2/c1-6-14(2,3)17(5)13-9-12(15)8-7-11(13)10-16-4/h7-9,16H,6,10H2,1-5H3. The summed E-state index contributed by atoms with van der Waals surface area (Å²) in [5.74, 6) is 0. The van der Waals surface area contributed by atoms with Crippen molar-refractivity contribution >= 4 is 21.6 Å². The molecule has 0 saturated carbocycles. The van der Waals surface area contributed by atoms with Crippen LogP contribution in [0, 0.1) is 0 Å². The normalized spacial score (nSPS) is 11.6. The van der Waals surface area contributed by atoms with E-state index in [2.05, 4.69) is 72.2 Å². The lowest BCUT2D eigenvalue weighted by Gasteiger charge is -2.38. The Kier molecular flexibility index (Phi) is 5.02. The average molecular weight is 299 g/mol. The fraction of sp³-hybridized carbons (Fsp3) is 0.571. The van der Waals surface area contributed by atoms with Crippen LogP contribution in [0.2, 0.25) is 0 Å². The molecule has 1 rings (SSSR count). The molecule has 1 aromatic rings. The minimum absolute atomic E-state index is 0.170. The number of nitrogens with zero attached hydrogens (tertiary/aromatic N) is 1. The first-order valence-corrected chi connectivity index (χ1v) is 6.88. The van der Waals surface area contributed by atoms with Crippen LogP contribution in [0.4, 0.5) is 5.69 Å². The molecule has 17 heavy (non-hydrogen) atoms. The van der Waals surface area contributed by atoms with Gasteiger partial charge in [-0.05, 0) is 45.0 Å². The number of anilines is 1. The van der Waals surface area contributed by atoms with Gasteiger partial charge in [-0.2, -0.15) is 0 Å². The summed E-state index contributed by atoms with van der Waals surface area (Å²) in [6, 6.07) is 6.48. The first-order valence-electron chi connectivity index (χ1n) is 6.09. The summed E-state index contributed by atoms with van der Waals surface area (Å²) < 4.78 is 1.13. The predicted molar refractivity (Wildman–Crippen MR) is 79.7 cm³/mol. The molecule has 0 amide bonds. The molecule has 2 nitrogen and oxygen atoms in total. The van der Waals surface area contributed by atoms with E-state index >= 15 is 0 Å². The summed E-state index contributed by atoms with van der Waals surface area (Å²) in [6.07, 6.45) is 1.12. The molecule has 1 N–H and O–H groups in total. The molecule has 0 aliphatic carbocycles. The van der Waals surface area contributed by atoms with Crippen molar-refractivity contribution in [2.75, 3.05) is 19.0 Å². The molecule has 0 heterocycles. The fourth-order valence-corrected chi connectivity index (χ4v) is 2.10. The van der Waals surface area contributed by atoms with E-state index in [1.54, 1.807) is 0 Å². The maximum absolute atomic E-state index is 3.56. The largest absolute Gasteiger partial charge is 0.369 e. The topological polar surface area (TPSA) is 15.3 Å². The highest BCUT2D eigenvalue weighted by molar-refractivity contribution is 9.10. The van der Waals surface area contributed by atoms with E-state index in [4.69, 9.17) is 0 Å². The van der Waals surface area contributed by atoms with Crippen molar-refractivity contribution in [1.82, 2.24) is 5.32 Å². The Balaban J connectivity index is 3.14. The zero-order valence-corrected chi connectivity index (χ0v) is 13.1. The van der Waals surface area contributed by atoms with Gasteiger partial charge in [-0.3, -0.25) is 0 Å². The molecule has 0 aromatic heterocycles. The van der Waals surface area contributed by atoms with Crippen LogP contribution in [-0.4, -0.2) is 19.6 Å². The van der Waals surface area contributed by atoms with Crippen LogP contribution in [0.3, 0.4) is 0 Å². The van der Waals surface area contributed by atoms with Gasteiger partial charge in [0.25, 0.3) is 0 Å². The van der Waals surface area contributed by atoms with Crippen LogP contribution >= 0.6 is 15.9 Å². The zero-order chi connectivity index (χ0) is 13.1. The SMILES string of the molecule is CCC(C)(C)N(C)c1cc(Br)ccc1CNC. The first-order chi connectivity index (χ1) is 7.92. The van der Waals surface area contributed by atoms with Crippen LogP contribution in [0.5, 0.6) is 0 Å². The van der Waals surface area contributed by atoms with Gasteiger partial charge >= 0.3 is 0 Å². The minimum Gasteiger partial charge on any atom is -0.369 e. The van der Waals surface area contributed by atoms with E-state index in [0.29, 0.717) is 0 Å². The van der Waals surface area contributed by atoms with Crippen LogP contribution in [0.1, 0.15) is 32.8 Å². The molecule has 0 aliphatic heterocycles. The molecular weight excluding hydrogens is 276 g/mol. The Morgan fingerprint density at radius 3 is 2.53 bits per heavy atom. The summed E-state index contributed by atoms with van der Waals surface area (Å²) in [4.78, 5) is 2.37. The second kappa shape index (κ2) is 5.87. The highest BCUT2D eigenvalue weighted by atomic mass is 79.9. The lowest BCUT2D eigenvalue weighted by molar-refractivity contribution is 0.469. The van der Waals surface area contributed by atoms with E-state index in [0.717, 1.165) is 17.4 Å². The van der Waals surface area contributed by atoms with Crippen molar-refractivity contribution in [2.24, 2.45) is 0 Å². The number of benzene rings is 1. The summed E-state index contributed by atoms with van der Waals surface area (Å²) in [6.45, 7) is 7.67. The van der Waals surface area contributed by atoms with Crippen LogP contribution in [0.15, 0.2) is 22.7 Å². The molecule has 0 aliphatic rings. The third kappa shape index (κ3) is 3.46. The second-order valence-electron chi connectivity index (χ2n) is 5.03. The molecule has 0 unspecified atom stereocenters. The van der Waals surface area contributed by atoms with Gasteiger partial charge in [0.05, 0.1) is 0 Å². The number of nitrogens with one attached hydrogen (secondary N) is 1. The van der Waals surface area contributed by atoms with Crippen LogP contribution in [-0.2, 0) is 6.54 Å². The fourth-order valence-electron chi connectivity index (χ4n) is 1.75.